The quantitative estimate of drug-likeness (QED) is 0.288. The number of carboxylic acid groups (broad SMARTS) is 1. The number of hydrogen-bond donors (Lipinski definition) is 3. The van der Waals surface area contributed by atoms with Crippen LogP contribution in [-0.2, 0) is 19.2 Å². The second kappa shape index (κ2) is 12.9. The number of aliphatic hydroxyl groups is 1. The molecular weight excluding hydrogens is 494 g/mol. The number of aliphatic hydroxyl groups excluding tert-OH is 1. The second-order valence-corrected chi connectivity index (χ2v) is 11.4. The summed E-state index contributed by atoms with van der Waals surface area (Å²) in [5, 5.41) is 26.7. The SMILES string of the molecule is CON=C[C@H]1CN(C(=O)CC(C)(C)C[C@H](NC(=O)OC(C)(C)C)[C@@H](O)C[C@@H](C)C(=O)O)c2ccccc2O1. The number of alkyl carbamates (subject to hydrolysis) is 1. The van der Waals surface area contributed by atoms with Gasteiger partial charge in [-0.2, -0.15) is 0 Å². The smallest absolute Gasteiger partial charge is 0.407 e. The molecule has 1 aromatic carbocycles. The third kappa shape index (κ3) is 9.51. The predicted octanol–water partition coefficient (Wildman–Crippen LogP) is 3.58. The normalized spacial score (nSPS) is 18.1. The van der Waals surface area contributed by atoms with Crippen LogP contribution in [0.15, 0.2) is 29.4 Å². The predicted molar refractivity (Wildman–Crippen MR) is 142 cm³/mol. The van der Waals surface area contributed by atoms with Crippen LogP contribution in [0.4, 0.5) is 10.5 Å². The molecule has 3 N–H and O–H groups in total. The van der Waals surface area contributed by atoms with Crippen molar-refractivity contribution in [2.75, 3.05) is 18.6 Å². The van der Waals surface area contributed by atoms with Crippen molar-refractivity contribution in [2.24, 2.45) is 16.5 Å². The average Bonchev–Trinajstić information content (AvgIpc) is 2.79. The number of nitrogens with zero attached hydrogens (tertiary/aromatic N) is 2. The first-order chi connectivity index (χ1) is 17.6. The molecule has 0 spiro atoms. The highest BCUT2D eigenvalue weighted by atomic mass is 16.6. The number of para-hydroxylation sites is 2. The van der Waals surface area contributed by atoms with Gasteiger partial charge in [0.15, 0.2) is 6.10 Å². The highest BCUT2D eigenvalue weighted by Gasteiger charge is 2.36. The average molecular weight is 536 g/mol. The van der Waals surface area contributed by atoms with E-state index in [2.05, 4.69) is 10.5 Å². The van der Waals surface area contributed by atoms with Gasteiger partial charge in [0.2, 0.25) is 5.91 Å². The van der Waals surface area contributed by atoms with Crippen molar-refractivity contribution in [1.29, 1.82) is 0 Å². The number of nitrogens with one attached hydrogen (secondary N) is 1. The molecule has 11 nitrogen and oxygen atoms in total. The van der Waals surface area contributed by atoms with Gasteiger partial charge in [-0.3, -0.25) is 9.59 Å². The van der Waals surface area contributed by atoms with Crippen LogP contribution in [0.2, 0.25) is 0 Å². The Hall–Kier alpha value is -3.34. The Bertz CT molecular complexity index is 1000. The molecule has 212 valence electrons. The van der Waals surface area contributed by atoms with Crippen molar-refractivity contribution in [1.82, 2.24) is 5.32 Å². The van der Waals surface area contributed by atoms with Crippen LogP contribution in [0.25, 0.3) is 0 Å². The number of amides is 2. The Balaban J connectivity index is 2.22. The van der Waals surface area contributed by atoms with Crippen molar-refractivity contribution < 1.29 is 38.9 Å². The molecule has 2 amide bonds. The van der Waals surface area contributed by atoms with E-state index in [1.54, 1.807) is 37.8 Å². The van der Waals surface area contributed by atoms with Crippen molar-refractivity contribution in [2.45, 2.75) is 84.7 Å². The van der Waals surface area contributed by atoms with Crippen LogP contribution < -0.4 is 15.0 Å². The van der Waals surface area contributed by atoms with E-state index in [-0.39, 0.29) is 31.7 Å². The number of anilines is 1. The topological polar surface area (TPSA) is 147 Å². The Morgan fingerprint density at radius 2 is 1.89 bits per heavy atom. The van der Waals surface area contributed by atoms with Crippen LogP contribution in [-0.4, -0.2) is 71.9 Å². The van der Waals surface area contributed by atoms with Gasteiger partial charge >= 0.3 is 12.1 Å². The van der Waals surface area contributed by atoms with E-state index in [9.17, 15) is 24.6 Å². The summed E-state index contributed by atoms with van der Waals surface area (Å²) in [6.45, 7) is 10.6. The van der Waals surface area contributed by atoms with Crippen LogP contribution in [0.5, 0.6) is 5.75 Å². The maximum atomic E-state index is 13.6. The molecule has 1 heterocycles. The number of carbonyl (C=O) groups excluding carboxylic acids is 2. The van der Waals surface area contributed by atoms with E-state index in [1.165, 1.54) is 20.2 Å². The van der Waals surface area contributed by atoms with Crippen molar-refractivity contribution >= 4 is 29.9 Å². The number of benzene rings is 1. The minimum absolute atomic E-state index is 0.0722. The molecule has 1 aliphatic heterocycles. The number of carboxylic acids is 1. The summed E-state index contributed by atoms with van der Waals surface area (Å²) in [5.74, 6) is -1.51. The number of fused-ring (bicyclic) bond motifs is 1. The molecule has 0 saturated carbocycles. The maximum absolute atomic E-state index is 13.6. The van der Waals surface area contributed by atoms with E-state index >= 15 is 0 Å². The Morgan fingerprint density at radius 3 is 2.50 bits per heavy atom. The number of oxime groups is 1. The van der Waals surface area contributed by atoms with Crippen LogP contribution in [0.1, 0.15) is 60.8 Å². The first-order valence-electron chi connectivity index (χ1n) is 12.6. The fraction of sp³-hybridized carbons (Fsp3) is 0.630. The summed E-state index contributed by atoms with van der Waals surface area (Å²) in [6.07, 6.45) is -0.692. The minimum Gasteiger partial charge on any atom is -0.481 e. The first kappa shape index (κ1) is 30.9. The standard InChI is InChI=1S/C27H41N3O8/c1-17(24(33)34)12-21(31)19(29-25(35)38-26(2,3)4)13-27(5,6)14-23(32)30-16-18(15-28-36-7)37-22-11-9-8-10-20(22)30/h8-11,15,17-19,21,31H,12-14,16H2,1-7H3,(H,29,35)(H,33,34)/t17-,18+,19+,21+/m1/s1. The molecule has 11 heteroatoms. The monoisotopic (exact) mass is 535 g/mol. The summed E-state index contributed by atoms with van der Waals surface area (Å²) in [6, 6.07) is 6.36. The summed E-state index contributed by atoms with van der Waals surface area (Å²) >= 11 is 0. The molecule has 0 unspecified atom stereocenters. The van der Waals surface area contributed by atoms with E-state index < -0.39 is 47.2 Å². The molecule has 4 atom stereocenters. The van der Waals surface area contributed by atoms with Crippen molar-refractivity contribution in [3.63, 3.8) is 0 Å². The van der Waals surface area contributed by atoms with Gasteiger partial charge in [-0.15, -0.1) is 0 Å². The first-order valence-corrected chi connectivity index (χ1v) is 12.6. The number of aliphatic carboxylic acids is 1. The van der Waals surface area contributed by atoms with E-state index in [1.807, 2.05) is 26.0 Å². The van der Waals surface area contributed by atoms with Gasteiger partial charge in [-0.05, 0) is 51.2 Å². The minimum atomic E-state index is -1.17. The molecule has 0 radical (unpaired) electrons. The molecule has 0 aromatic heterocycles. The highest BCUT2D eigenvalue weighted by Crippen LogP contribution is 2.36. The molecule has 0 bridgehead atoms. The van der Waals surface area contributed by atoms with Gasteiger partial charge in [0.25, 0.3) is 0 Å². The number of ether oxygens (including phenoxy) is 2. The third-order valence-electron chi connectivity index (χ3n) is 6.02. The molecule has 2 rings (SSSR count). The molecule has 1 aromatic rings. The van der Waals surface area contributed by atoms with Gasteiger partial charge in [-0.1, -0.05) is 38.1 Å². The zero-order valence-electron chi connectivity index (χ0n) is 23.3. The molecule has 1 aliphatic rings. The summed E-state index contributed by atoms with van der Waals surface area (Å²) < 4.78 is 11.3. The van der Waals surface area contributed by atoms with Gasteiger partial charge in [0, 0.05) is 6.42 Å². The van der Waals surface area contributed by atoms with Crippen molar-refractivity contribution in [3.05, 3.63) is 24.3 Å². The summed E-state index contributed by atoms with van der Waals surface area (Å²) in [7, 11) is 1.42. The second-order valence-electron chi connectivity index (χ2n) is 11.4. The number of rotatable bonds is 11. The van der Waals surface area contributed by atoms with E-state index in [4.69, 9.17) is 14.3 Å². The van der Waals surface area contributed by atoms with E-state index in [0.29, 0.717) is 11.4 Å². The zero-order chi connectivity index (χ0) is 28.7. The fourth-order valence-corrected chi connectivity index (χ4v) is 4.24. The highest BCUT2D eigenvalue weighted by molar-refractivity contribution is 5.96. The van der Waals surface area contributed by atoms with Gasteiger partial charge < -0.3 is 34.7 Å². The van der Waals surface area contributed by atoms with E-state index in [0.717, 1.165) is 0 Å². The summed E-state index contributed by atoms with van der Waals surface area (Å²) in [4.78, 5) is 43.9. The van der Waals surface area contributed by atoms with Gasteiger partial charge in [0.05, 0.1) is 36.5 Å². The van der Waals surface area contributed by atoms with Crippen molar-refractivity contribution in [3.8, 4) is 5.75 Å². The largest absolute Gasteiger partial charge is 0.481 e. The Morgan fingerprint density at radius 1 is 1.24 bits per heavy atom. The van der Waals surface area contributed by atoms with Crippen LogP contribution in [0, 0.1) is 11.3 Å². The maximum Gasteiger partial charge on any atom is 0.407 e. The Kier molecular flexibility index (Phi) is 10.5. The molecule has 0 fully saturated rings. The lowest BCUT2D eigenvalue weighted by molar-refractivity contribution is -0.142. The lowest BCUT2D eigenvalue weighted by atomic mass is 9.79. The fourth-order valence-electron chi connectivity index (χ4n) is 4.24. The van der Waals surface area contributed by atoms with Crippen LogP contribution in [0.3, 0.4) is 0 Å². The lowest BCUT2D eigenvalue weighted by Gasteiger charge is -2.37. The number of hydrogen-bond acceptors (Lipinski definition) is 8. The van der Waals surface area contributed by atoms with Gasteiger partial charge in [-0.25, -0.2) is 4.79 Å². The van der Waals surface area contributed by atoms with Gasteiger partial charge in [0.1, 0.15) is 18.5 Å². The number of carbonyl (C=O) groups is 3. The lowest BCUT2D eigenvalue weighted by Crippen LogP contribution is -2.49. The van der Waals surface area contributed by atoms with Crippen LogP contribution >= 0.6 is 0 Å². The molecule has 0 saturated heterocycles. The zero-order valence-corrected chi connectivity index (χ0v) is 23.3. The Labute approximate surface area is 224 Å². The third-order valence-corrected chi connectivity index (χ3v) is 6.02. The summed E-state index contributed by atoms with van der Waals surface area (Å²) in [5.41, 5.74) is -0.812. The molecular formula is C27H41N3O8. The molecule has 0 aliphatic carbocycles. The molecule has 38 heavy (non-hydrogen) atoms.